The summed E-state index contributed by atoms with van der Waals surface area (Å²) in [6.07, 6.45) is 4.19. The number of aryl methyl sites for hydroxylation is 3. The molecular weight excluding hydrogens is 234 g/mol. The Morgan fingerprint density at radius 3 is 3.00 bits per heavy atom. The molecule has 0 aliphatic heterocycles. The number of hydrogen-bond acceptors (Lipinski definition) is 3. The van der Waals surface area contributed by atoms with Crippen LogP contribution in [0.2, 0.25) is 0 Å². The van der Waals surface area contributed by atoms with Crippen LogP contribution in [0.25, 0.3) is 0 Å². The van der Waals surface area contributed by atoms with E-state index in [-0.39, 0.29) is 0 Å². The number of rotatable bonds is 3. The molecule has 1 aliphatic rings. The molecule has 1 heterocycles. The van der Waals surface area contributed by atoms with Gasteiger partial charge in [-0.2, -0.15) is 0 Å². The molecule has 0 spiro atoms. The van der Waals surface area contributed by atoms with Crippen LogP contribution in [0.1, 0.15) is 40.7 Å². The van der Waals surface area contributed by atoms with Gasteiger partial charge >= 0.3 is 0 Å². The third-order valence-corrected chi connectivity index (χ3v) is 3.74. The van der Waals surface area contributed by atoms with Gasteiger partial charge in [-0.05, 0) is 43.9 Å². The van der Waals surface area contributed by atoms with E-state index in [1.165, 1.54) is 29.5 Å². The van der Waals surface area contributed by atoms with E-state index in [2.05, 4.69) is 40.4 Å². The van der Waals surface area contributed by atoms with Crippen LogP contribution in [0.3, 0.4) is 0 Å². The zero-order valence-electron chi connectivity index (χ0n) is 11.5. The topological polar surface area (TPSA) is 37.8 Å². The number of nitrogens with zero attached hydrogens (tertiary/aromatic N) is 2. The molecule has 0 bridgehead atoms. The Morgan fingerprint density at radius 1 is 1.26 bits per heavy atom. The Kier molecular flexibility index (Phi) is 3.30. The molecule has 1 N–H and O–H groups in total. The zero-order valence-corrected chi connectivity index (χ0v) is 11.5. The zero-order chi connectivity index (χ0) is 13.2. The summed E-state index contributed by atoms with van der Waals surface area (Å²) in [5.41, 5.74) is 5.35. The average Bonchev–Trinajstić information content (AvgIpc) is 2.79. The fourth-order valence-corrected chi connectivity index (χ4v) is 2.77. The van der Waals surface area contributed by atoms with Crippen molar-refractivity contribution in [3.8, 4) is 0 Å². The maximum absolute atomic E-state index is 4.43. The molecule has 3 rings (SSSR count). The quantitative estimate of drug-likeness (QED) is 0.914. The number of nitrogens with one attached hydrogen (secondary N) is 1. The SMILES string of the molecule is Cc1ccc2c(c1)C(NCc1ccnc(C)n1)CC2. The predicted octanol–water partition coefficient (Wildman–Crippen LogP) is 2.87. The summed E-state index contributed by atoms with van der Waals surface area (Å²) < 4.78 is 0. The van der Waals surface area contributed by atoms with Crippen molar-refractivity contribution < 1.29 is 0 Å². The summed E-state index contributed by atoms with van der Waals surface area (Å²) in [6, 6.07) is 9.22. The second-order valence-corrected chi connectivity index (χ2v) is 5.27. The number of aromatic nitrogens is 2. The van der Waals surface area contributed by atoms with E-state index in [1.54, 1.807) is 0 Å². The first-order valence-corrected chi connectivity index (χ1v) is 6.84. The van der Waals surface area contributed by atoms with Crippen LogP contribution in [0.4, 0.5) is 0 Å². The largest absolute Gasteiger partial charge is 0.304 e. The highest BCUT2D eigenvalue weighted by Crippen LogP contribution is 2.31. The summed E-state index contributed by atoms with van der Waals surface area (Å²) in [5, 5.41) is 3.62. The normalized spacial score (nSPS) is 17.5. The number of fused-ring (bicyclic) bond motifs is 1. The molecule has 1 atom stereocenters. The van der Waals surface area contributed by atoms with Gasteiger partial charge in [0.05, 0.1) is 5.69 Å². The molecule has 0 radical (unpaired) electrons. The molecule has 0 saturated heterocycles. The van der Waals surface area contributed by atoms with Crippen molar-refractivity contribution >= 4 is 0 Å². The first kappa shape index (κ1) is 12.3. The summed E-state index contributed by atoms with van der Waals surface area (Å²) in [6.45, 7) is 4.89. The van der Waals surface area contributed by atoms with Crippen molar-refractivity contribution in [1.82, 2.24) is 15.3 Å². The van der Waals surface area contributed by atoms with E-state index in [1.807, 2.05) is 19.2 Å². The third-order valence-electron chi connectivity index (χ3n) is 3.74. The molecule has 98 valence electrons. The van der Waals surface area contributed by atoms with Gasteiger partial charge in [-0.1, -0.05) is 23.8 Å². The molecule has 1 unspecified atom stereocenters. The smallest absolute Gasteiger partial charge is 0.125 e. The number of hydrogen-bond donors (Lipinski definition) is 1. The molecule has 1 aromatic heterocycles. The molecule has 0 amide bonds. The van der Waals surface area contributed by atoms with Crippen molar-refractivity contribution in [2.45, 2.75) is 39.3 Å². The highest BCUT2D eigenvalue weighted by molar-refractivity contribution is 5.37. The lowest BCUT2D eigenvalue weighted by atomic mass is 10.1. The van der Waals surface area contributed by atoms with Gasteiger partial charge in [0.25, 0.3) is 0 Å². The molecule has 3 heteroatoms. The minimum atomic E-state index is 0.463. The summed E-state index contributed by atoms with van der Waals surface area (Å²) >= 11 is 0. The maximum Gasteiger partial charge on any atom is 0.125 e. The monoisotopic (exact) mass is 253 g/mol. The van der Waals surface area contributed by atoms with Gasteiger partial charge < -0.3 is 5.32 Å². The van der Waals surface area contributed by atoms with Crippen LogP contribution in [0.5, 0.6) is 0 Å². The van der Waals surface area contributed by atoms with E-state index >= 15 is 0 Å². The standard InChI is InChI=1S/C16H19N3/c1-11-3-4-13-5-6-16(15(13)9-11)18-10-14-7-8-17-12(2)19-14/h3-4,7-9,16,18H,5-6,10H2,1-2H3. The number of benzene rings is 1. The van der Waals surface area contributed by atoms with E-state index < -0.39 is 0 Å². The van der Waals surface area contributed by atoms with Gasteiger partial charge in [-0.25, -0.2) is 9.97 Å². The Morgan fingerprint density at radius 2 is 2.16 bits per heavy atom. The van der Waals surface area contributed by atoms with Gasteiger partial charge in [0.2, 0.25) is 0 Å². The molecule has 1 aromatic carbocycles. The van der Waals surface area contributed by atoms with Crippen LogP contribution in [-0.2, 0) is 13.0 Å². The Labute approximate surface area is 114 Å². The summed E-state index contributed by atoms with van der Waals surface area (Å²) in [4.78, 5) is 8.56. The molecule has 0 saturated carbocycles. The maximum atomic E-state index is 4.43. The van der Waals surface area contributed by atoms with Gasteiger partial charge in [0.15, 0.2) is 0 Å². The van der Waals surface area contributed by atoms with Crippen molar-refractivity contribution in [2.75, 3.05) is 0 Å². The Hall–Kier alpha value is -1.74. The second kappa shape index (κ2) is 5.10. The van der Waals surface area contributed by atoms with Crippen molar-refractivity contribution in [1.29, 1.82) is 0 Å². The minimum absolute atomic E-state index is 0.463. The minimum Gasteiger partial charge on any atom is -0.304 e. The second-order valence-electron chi connectivity index (χ2n) is 5.27. The van der Waals surface area contributed by atoms with Crippen molar-refractivity contribution in [3.05, 3.63) is 58.7 Å². The highest BCUT2D eigenvalue weighted by atomic mass is 15.0. The first-order valence-electron chi connectivity index (χ1n) is 6.84. The van der Waals surface area contributed by atoms with Crippen LogP contribution in [0, 0.1) is 13.8 Å². The predicted molar refractivity (Wildman–Crippen MR) is 75.8 cm³/mol. The van der Waals surface area contributed by atoms with E-state index in [0.717, 1.165) is 18.1 Å². The fourth-order valence-electron chi connectivity index (χ4n) is 2.77. The van der Waals surface area contributed by atoms with Crippen LogP contribution in [-0.4, -0.2) is 9.97 Å². The molecule has 2 aromatic rings. The van der Waals surface area contributed by atoms with E-state index in [9.17, 15) is 0 Å². The Balaban J connectivity index is 1.71. The van der Waals surface area contributed by atoms with Gasteiger partial charge in [0, 0.05) is 18.8 Å². The lowest BCUT2D eigenvalue weighted by molar-refractivity contribution is 0.524. The van der Waals surface area contributed by atoms with Gasteiger partial charge in [-0.3, -0.25) is 0 Å². The van der Waals surface area contributed by atoms with Crippen LogP contribution in [0.15, 0.2) is 30.5 Å². The van der Waals surface area contributed by atoms with Crippen molar-refractivity contribution in [2.24, 2.45) is 0 Å². The lowest BCUT2D eigenvalue weighted by Crippen LogP contribution is -2.19. The summed E-state index contributed by atoms with van der Waals surface area (Å²) in [5.74, 6) is 0.835. The molecular formula is C16H19N3. The molecule has 3 nitrogen and oxygen atoms in total. The molecule has 19 heavy (non-hydrogen) atoms. The fraction of sp³-hybridized carbons (Fsp3) is 0.375. The lowest BCUT2D eigenvalue weighted by Gasteiger charge is -2.14. The van der Waals surface area contributed by atoms with Crippen LogP contribution >= 0.6 is 0 Å². The summed E-state index contributed by atoms with van der Waals surface area (Å²) in [7, 11) is 0. The highest BCUT2D eigenvalue weighted by Gasteiger charge is 2.21. The molecule has 1 aliphatic carbocycles. The van der Waals surface area contributed by atoms with E-state index in [0.29, 0.717) is 6.04 Å². The first-order chi connectivity index (χ1) is 9.22. The Bertz CT molecular complexity index is 592. The van der Waals surface area contributed by atoms with Crippen molar-refractivity contribution in [3.63, 3.8) is 0 Å². The molecule has 0 fully saturated rings. The van der Waals surface area contributed by atoms with Crippen LogP contribution < -0.4 is 5.32 Å². The third kappa shape index (κ3) is 2.66. The van der Waals surface area contributed by atoms with Gasteiger partial charge in [-0.15, -0.1) is 0 Å². The van der Waals surface area contributed by atoms with E-state index in [4.69, 9.17) is 0 Å². The van der Waals surface area contributed by atoms with Gasteiger partial charge in [0.1, 0.15) is 5.82 Å². The average molecular weight is 253 g/mol.